The summed E-state index contributed by atoms with van der Waals surface area (Å²) in [6.07, 6.45) is -4.27. The molecule has 0 spiro atoms. The molecule has 0 radical (unpaired) electrons. The fourth-order valence-corrected chi connectivity index (χ4v) is 1.56. The zero-order chi connectivity index (χ0) is 13.6. The minimum absolute atomic E-state index is 0.135. The Labute approximate surface area is 98.8 Å². The minimum atomic E-state index is -4.77. The lowest BCUT2D eigenvalue weighted by atomic mass is 9.87. The number of hydrogen-bond acceptors (Lipinski definition) is 2. The maximum Gasteiger partial charge on any atom is 0.450 e. The quantitative estimate of drug-likeness (QED) is 0.738. The number of alkyl halides is 3. The van der Waals surface area contributed by atoms with Crippen LogP contribution in [0.25, 0.3) is 0 Å². The topological polar surface area (TPSA) is 46.2 Å². The van der Waals surface area contributed by atoms with Gasteiger partial charge in [-0.1, -0.05) is 13.8 Å². The van der Waals surface area contributed by atoms with E-state index in [-0.39, 0.29) is 18.2 Å². The van der Waals surface area contributed by atoms with Gasteiger partial charge in [-0.25, -0.2) is 0 Å². The molecule has 6 heteroatoms. The molecule has 0 saturated carbocycles. The number of amides is 1. The summed E-state index contributed by atoms with van der Waals surface area (Å²) >= 11 is 0. The predicted molar refractivity (Wildman–Crippen MR) is 57.3 cm³/mol. The molecule has 1 amide bonds. The largest absolute Gasteiger partial charge is 0.450 e. The summed E-state index contributed by atoms with van der Waals surface area (Å²) in [4.78, 5) is 21.7. The van der Waals surface area contributed by atoms with Crippen molar-refractivity contribution in [1.29, 1.82) is 0 Å². The molecule has 0 bridgehead atoms. The third-order valence-electron chi connectivity index (χ3n) is 2.49. The number of ketones is 1. The molecular formula is C11H18F3NO2. The van der Waals surface area contributed by atoms with Gasteiger partial charge in [0.05, 0.1) is 0 Å². The Bertz CT molecular complexity index is 274. The van der Waals surface area contributed by atoms with E-state index in [1.165, 1.54) is 6.92 Å². The second kappa shape index (κ2) is 6.61. The van der Waals surface area contributed by atoms with E-state index in [4.69, 9.17) is 0 Å². The van der Waals surface area contributed by atoms with Crippen LogP contribution in [0.2, 0.25) is 0 Å². The van der Waals surface area contributed by atoms with Gasteiger partial charge in [0.1, 0.15) is 0 Å². The summed E-state index contributed by atoms with van der Waals surface area (Å²) in [5.74, 6) is -3.28. The minimum Gasteiger partial charge on any atom is -0.356 e. The Kier molecular flexibility index (Phi) is 6.20. The van der Waals surface area contributed by atoms with Crippen molar-refractivity contribution < 1.29 is 22.8 Å². The Balaban J connectivity index is 4.27. The molecule has 1 atom stereocenters. The molecule has 0 aliphatic rings. The predicted octanol–water partition coefficient (Wildman–Crippen LogP) is 2.31. The molecule has 17 heavy (non-hydrogen) atoms. The fourth-order valence-electron chi connectivity index (χ4n) is 1.56. The lowest BCUT2D eigenvalue weighted by Gasteiger charge is -2.20. The van der Waals surface area contributed by atoms with Gasteiger partial charge in [0, 0.05) is 19.4 Å². The molecule has 0 aliphatic heterocycles. The van der Waals surface area contributed by atoms with Gasteiger partial charge in [-0.2, -0.15) is 13.2 Å². The SMILES string of the molecule is CC(=O)NCCCC(C(=O)C(F)(F)F)C(C)C. The number of hydrogen-bond donors (Lipinski definition) is 1. The molecule has 0 fully saturated rings. The molecule has 0 aromatic carbocycles. The van der Waals surface area contributed by atoms with Crippen molar-refractivity contribution in [2.45, 2.75) is 39.8 Å². The van der Waals surface area contributed by atoms with Crippen molar-refractivity contribution in [1.82, 2.24) is 5.32 Å². The van der Waals surface area contributed by atoms with Gasteiger partial charge in [0.15, 0.2) is 0 Å². The van der Waals surface area contributed by atoms with Crippen LogP contribution in [-0.2, 0) is 9.59 Å². The van der Waals surface area contributed by atoms with Crippen LogP contribution in [-0.4, -0.2) is 24.4 Å². The third-order valence-corrected chi connectivity index (χ3v) is 2.49. The maximum absolute atomic E-state index is 12.3. The highest BCUT2D eigenvalue weighted by molar-refractivity contribution is 5.86. The highest BCUT2D eigenvalue weighted by atomic mass is 19.4. The van der Waals surface area contributed by atoms with Gasteiger partial charge in [-0.05, 0) is 18.8 Å². The number of carbonyl (C=O) groups excluding carboxylic acids is 2. The van der Waals surface area contributed by atoms with E-state index in [1.54, 1.807) is 13.8 Å². The molecule has 0 heterocycles. The molecule has 1 N–H and O–H groups in total. The van der Waals surface area contributed by atoms with Crippen LogP contribution in [0.15, 0.2) is 0 Å². The molecule has 0 rings (SSSR count). The normalized spacial score (nSPS) is 13.6. The second-order valence-corrected chi connectivity index (χ2v) is 4.34. The Morgan fingerprint density at radius 1 is 1.24 bits per heavy atom. The lowest BCUT2D eigenvalue weighted by molar-refractivity contribution is -0.177. The standard InChI is InChI=1S/C11H18F3NO2/c1-7(2)9(10(17)11(12,13)14)5-4-6-15-8(3)16/h7,9H,4-6H2,1-3H3,(H,15,16). The summed E-state index contributed by atoms with van der Waals surface area (Å²) in [6.45, 7) is 4.81. The van der Waals surface area contributed by atoms with E-state index in [0.29, 0.717) is 13.0 Å². The van der Waals surface area contributed by atoms with Crippen LogP contribution >= 0.6 is 0 Å². The first-order valence-electron chi connectivity index (χ1n) is 5.51. The van der Waals surface area contributed by atoms with Gasteiger partial charge >= 0.3 is 6.18 Å². The number of carbonyl (C=O) groups is 2. The molecule has 100 valence electrons. The van der Waals surface area contributed by atoms with Crippen LogP contribution in [0.5, 0.6) is 0 Å². The average Bonchev–Trinajstić information content (AvgIpc) is 2.14. The number of Topliss-reactive ketones (excluding diaryl/α,β-unsaturated/α-hetero) is 1. The van der Waals surface area contributed by atoms with Gasteiger partial charge in [0.2, 0.25) is 11.7 Å². The van der Waals surface area contributed by atoms with Crippen molar-refractivity contribution in [2.24, 2.45) is 11.8 Å². The zero-order valence-electron chi connectivity index (χ0n) is 10.2. The van der Waals surface area contributed by atoms with E-state index in [2.05, 4.69) is 5.32 Å². The highest BCUT2D eigenvalue weighted by Gasteiger charge is 2.43. The molecule has 1 unspecified atom stereocenters. The second-order valence-electron chi connectivity index (χ2n) is 4.34. The number of nitrogens with one attached hydrogen (secondary N) is 1. The fraction of sp³-hybridized carbons (Fsp3) is 0.818. The first-order chi connectivity index (χ1) is 7.66. The van der Waals surface area contributed by atoms with Gasteiger partial charge in [-0.3, -0.25) is 9.59 Å². The Morgan fingerprint density at radius 2 is 1.76 bits per heavy atom. The van der Waals surface area contributed by atoms with Crippen molar-refractivity contribution in [3.05, 3.63) is 0 Å². The average molecular weight is 253 g/mol. The van der Waals surface area contributed by atoms with Crippen LogP contribution in [0.1, 0.15) is 33.6 Å². The highest BCUT2D eigenvalue weighted by Crippen LogP contribution is 2.28. The van der Waals surface area contributed by atoms with E-state index >= 15 is 0 Å². The molecule has 0 aliphatic carbocycles. The summed E-state index contributed by atoms with van der Waals surface area (Å²) in [7, 11) is 0. The third kappa shape index (κ3) is 6.28. The van der Waals surface area contributed by atoms with E-state index in [9.17, 15) is 22.8 Å². The van der Waals surface area contributed by atoms with Gasteiger partial charge in [0.25, 0.3) is 0 Å². The Hall–Kier alpha value is -1.07. The summed E-state index contributed by atoms with van der Waals surface area (Å²) in [6, 6.07) is 0. The van der Waals surface area contributed by atoms with Crippen molar-refractivity contribution in [3.63, 3.8) is 0 Å². The van der Waals surface area contributed by atoms with E-state index < -0.39 is 17.9 Å². The van der Waals surface area contributed by atoms with Crippen LogP contribution in [0.4, 0.5) is 13.2 Å². The Morgan fingerprint density at radius 3 is 2.12 bits per heavy atom. The first kappa shape index (κ1) is 15.9. The van der Waals surface area contributed by atoms with Gasteiger partial charge < -0.3 is 5.32 Å². The molecule has 3 nitrogen and oxygen atoms in total. The van der Waals surface area contributed by atoms with Crippen LogP contribution in [0, 0.1) is 11.8 Å². The lowest BCUT2D eigenvalue weighted by Crippen LogP contribution is -2.34. The van der Waals surface area contributed by atoms with E-state index in [0.717, 1.165) is 0 Å². The molecule has 0 saturated heterocycles. The maximum atomic E-state index is 12.3. The van der Waals surface area contributed by atoms with Crippen molar-refractivity contribution in [2.75, 3.05) is 6.54 Å². The smallest absolute Gasteiger partial charge is 0.356 e. The van der Waals surface area contributed by atoms with E-state index in [1.807, 2.05) is 0 Å². The molecular weight excluding hydrogens is 235 g/mol. The van der Waals surface area contributed by atoms with Crippen molar-refractivity contribution in [3.8, 4) is 0 Å². The summed E-state index contributed by atoms with van der Waals surface area (Å²) < 4.78 is 36.8. The van der Waals surface area contributed by atoms with Crippen molar-refractivity contribution >= 4 is 11.7 Å². The molecule has 0 aromatic rings. The van der Waals surface area contributed by atoms with Crippen LogP contribution in [0.3, 0.4) is 0 Å². The van der Waals surface area contributed by atoms with Crippen LogP contribution < -0.4 is 5.32 Å². The zero-order valence-corrected chi connectivity index (χ0v) is 10.2. The van der Waals surface area contributed by atoms with Gasteiger partial charge in [-0.15, -0.1) is 0 Å². The summed E-state index contributed by atoms with van der Waals surface area (Å²) in [5.41, 5.74) is 0. The number of halogens is 3. The number of rotatable bonds is 6. The summed E-state index contributed by atoms with van der Waals surface area (Å²) in [5, 5.41) is 2.49. The molecule has 0 aromatic heterocycles. The first-order valence-corrected chi connectivity index (χ1v) is 5.51. The monoisotopic (exact) mass is 253 g/mol.